The molecule has 2 unspecified atom stereocenters. The van der Waals surface area contributed by atoms with E-state index in [1.807, 2.05) is 0 Å². The van der Waals surface area contributed by atoms with Crippen molar-refractivity contribution >= 4 is 27.7 Å². The predicted molar refractivity (Wildman–Crippen MR) is 136 cm³/mol. The van der Waals surface area contributed by atoms with Crippen molar-refractivity contribution in [3.63, 3.8) is 0 Å². The number of amides is 1. The van der Waals surface area contributed by atoms with Crippen LogP contribution in [-0.2, 0) is 22.4 Å². The summed E-state index contributed by atoms with van der Waals surface area (Å²) in [7, 11) is -3.93. The Morgan fingerprint density at radius 2 is 1.64 bits per heavy atom. The monoisotopic (exact) mass is 632 g/mol. The van der Waals surface area contributed by atoms with Crippen molar-refractivity contribution in [2.24, 2.45) is 5.10 Å². The first-order chi connectivity index (χ1) is 19.2. The lowest BCUT2D eigenvalue weighted by Crippen LogP contribution is -2.69. The fourth-order valence-electron chi connectivity index (χ4n) is 5.80. The van der Waals surface area contributed by atoms with Crippen molar-refractivity contribution in [1.82, 2.24) is 14.5 Å². The van der Waals surface area contributed by atoms with Gasteiger partial charge in [-0.15, -0.1) is 0 Å². The third kappa shape index (κ3) is 6.32. The number of halogens is 8. The number of carbonyl (C=O) groups excluding carboxylic acids is 1. The second-order valence-corrected chi connectivity index (χ2v) is 13.0. The van der Waals surface area contributed by atoms with Crippen molar-refractivity contribution in [2.75, 3.05) is 26.2 Å². The number of hydrogen-bond acceptors (Lipinski definition) is 5. The van der Waals surface area contributed by atoms with Gasteiger partial charge >= 0.3 is 12.4 Å². The Labute approximate surface area is 237 Å². The third-order valence-electron chi connectivity index (χ3n) is 8.10. The van der Waals surface area contributed by atoms with Gasteiger partial charge in [-0.1, -0.05) is 4.68 Å². The summed E-state index contributed by atoms with van der Waals surface area (Å²) in [4.78, 5) is 14.8. The molecule has 0 aromatic heterocycles. The van der Waals surface area contributed by atoms with E-state index >= 15 is 0 Å². The van der Waals surface area contributed by atoms with Crippen molar-refractivity contribution in [3.8, 4) is 0 Å². The second kappa shape index (κ2) is 10.8. The molecular weight excluding hydrogens is 602 g/mol. The van der Waals surface area contributed by atoms with Crippen LogP contribution in [0, 0.1) is 0 Å². The number of hydrogen-bond donors (Lipinski definition) is 1. The van der Waals surface area contributed by atoms with Gasteiger partial charge < -0.3 is 5.32 Å². The lowest BCUT2D eigenvalue weighted by Gasteiger charge is -2.55. The van der Waals surface area contributed by atoms with E-state index in [9.17, 15) is 48.3 Å². The van der Waals surface area contributed by atoms with E-state index in [0.29, 0.717) is 12.1 Å². The molecular formula is C25H30F8N5O3S+. The van der Waals surface area contributed by atoms with Gasteiger partial charge in [-0.25, -0.2) is 17.2 Å². The van der Waals surface area contributed by atoms with E-state index in [4.69, 9.17) is 0 Å². The molecule has 3 aliphatic rings. The fraction of sp³-hybridized carbons (Fsp3) is 0.640. The van der Waals surface area contributed by atoms with Crippen molar-refractivity contribution in [1.29, 1.82) is 0 Å². The summed E-state index contributed by atoms with van der Waals surface area (Å²) in [6.07, 6.45) is -11.8. The van der Waals surface area contributed by atoms with Crippen LogP contribution < -0.4 is 5.32 Å². The lowest BCUT2D eigenvalue weighted by molar-refractivity contribution is -0.532. The van der Waals surface area contributed by atoms with E-state index in [2.05, 4.69) is 17.1 Å². The second-order valence-electron chi connectivity index (χ2n) is 11.1. The highest BCUT2D eigenvalue weighted by atomic mass is 32.2. The van der Waals surface area contributed by atoms with Crippen LogP contribution >= 0.6 is 0 Å². The Hall–Kier alpha value is -2.66. The van der Waals surface area contributed by atoms with Crippen molar-refractivity contribution in [3.05, 3.63) is 34.9 Å². The average molecular weight is 633 g/mol. The normalized spacial score (nSPS) is 25.5. The molecule has 1 amide bonds. The molecule has 1 saturated heterocycles. The summed E-state index contributed by atoms with van der Waals surface area (Å²) in [5, 5.41) is 6.09. The number of hydrazone groups is 1. The molecule has 1 aromatic carbocycles. The molecule has 42 heavy (non-hydrogen) atoms. The third-order valence-corrected chi connectivity index (χ3v) is 10.0. The molecule has 2 heterocycles. The van der Waals surface area contributed by atoms with Gasteiger partial charge in [0.2, 0.25) is 12.5 Å². The minimum atomic E-state index is -5.28. The maximum Gasteiger partial charge on any atom is 0.417 e. The van der Waals surface area contributed by atoms with Gasteiger partial charge in [0.1, 0.15) is 0 Å². The van der Waals surface area contributed by atoms with E-state index in [0.717, 1.165) is 0 Å². The quantitative estimate of drug-likeness (QED) is 0.391. The Kier molecular flexibility index (Phi) is 8.30. The number of piperazine rings is 1. The zero-order valence-electron chi connectivity index (χ0n) is 22.7. The SMILES string of the molecule is C=[N+]1CC(S(=O)(=O)N2CC(C)N(C3(CNC(=O)c4ccc(C(F)(F)F)cc4C(F)(F)F)CCC(F)(F)CC3)CC2C)=N1. The number of alkyl halides is 8. The molecule has 2 aliphatic heterocycles. The molecule has 1 saturated carbocycles. The summed E-state index contributed by atoms with van der Waals surface area (Å²) in [5.41, 5.74) is -5.57. The van der Waals surface area contributed by atoms with Crippen LogP contribution in [0.5, 0.6) is 0 Å². The van der Waals surface area contributed by atoms with Gasteiger partial charge in [0.25, 0.3) is 21.0 Å². The number of carbonyl (C=O) groups is 1. The average Bonchev–Trinajstić information content (AvgIpc) is 2.86. The Morgan fingerprint density at radius 3 is 2.17 bits per heavy atom. The topological polar surface area (TPSA) is 85.1 Å². The van der Waals surface area contributed by atoms with Crippen LogP contribution in [0.1, 0.15) is 61.0 Å². The van der Waals surface area contributed by atoms with Gasteiger partial charge in [0, 0.05) is 55.2 Å². The Bertz CT molecular complexity index is 1380. The highest BCUT2D eigenvalue weighted by Gasteiger charge is 2.52. The number of sulfonamides is 1. The fourth-order valence-corrected chi connectivity index (χ4v) is 7.56. The molecule has 4 rings (SSSR count). The highest BCUT2D eigenvalue weighted by Crippen LogP contribution is 2.44. The molecule has 17 heteroatoms. The number of nitrogens with one attached hydrogen (secondary N) is 1. The molecule has 0 radical (unpaired) electrons. The molecule has 2 atom stereocenters. The summed E-state index contributed by atoms with van der Waals surface area (Å²) in [5.74, 6) is -4.32. The summed E-state index contributed by atoms with van der Waals surface area (Å²) in [6.45, 7) is 6.49. The molecule has 1 aromatic rings. The summed E-state index contributed by atoms with van der Waals surface area (Å²) < 4.78 is 137. The Morgan fingerprint density at radius 1 is 1.05 bits per heavy atom. The minimum Gasteiger partial charge on any atom is -0.350 e. The zero-order valence-corrected chi connectivity index (χ0v) is 23.5. The first-order valence-electron chi connectivity index (χ1n) is 13.0. The van der Waals surface area contributed by atoms with Crippen molar-refractivity contribution < 1.29 is 53.0 Å². The van der Waals surface area contributed by atoms with E-state index < -0.39 is 81.4 Å². The van der Waals surface area contributed by atoms with Crippen molar-refractivity contribution in [2.45, 2.75) is 75.4 Å². The molecule has 0 bridgehead atoms. The summed E-state index contributed by atoms with van der Waals surface area (Å²) >= 11 is 0. The van der Waals surface area contributed by atoms with Gasteiger partial charge in [-0.3, -0.25) is 9.69 Å². The van der Waals surface area contributed by atoms with Gasteiger partial charge in [-0.05, 0) is 44.9 Å². The van der Waals surface area contributed by atoms with Gasteiger partial charge in [0.15, 0.2) is 6.72 Å². The largest absolute Gasteiger partial charge is 0.417 e. The van der Waals surface area contributed by atoms with E-state index in [-0.39, 0.29) is 50.1 Å². The van der Waals surface area contributed by atoms with Gasteiger partial charge in [0.05, 0.1) is 16.7 Å². The molecule has 2 fully saturated rings. The summed E-state index contributed by atoms with van der Waals surface area (Å²) in [6, 6.07) is -0.532. The maximum atomic E-state index is 14.2. The molecule has 8 nitrogen and oxygen atoms in total. The minimum absolute atomic E-state index is 0.0264. The smallest absolute Gasteiger partial charge is 0.350 e. The van der Waals surface area contributed by atoms with Crippen LogP contribution in [0.15, 0.2) is 23.3 Å². The maximum absolute atomic E-state index is 14.2. The van der Waals surface area contributed by atoms with Crippen LogP contribution in [0.25, 0.3) is 0 Å². The number of rotatable bonds is 5. The number of benzene rings is 1. The van der Waals surface area contributed by atoms with Crippen LogP contribution in [-0.4, -0.2) is 89.7 Å². The first kappa shape index (κ1) is 32.3. The lowest BCUT2D eigenvalue weighted by atomic mass is 9.77. The Balaban J connectivity index is 1.60. The highest BCUT2D eigenvalue weighted by molar-refractivity contribution is 8.04. The number of nitrogens with zero attached hydrogens (tertiary/aromatic N) is 4. The van der Waals surface area contributed by atoms with Crippen LogP contribution in [0.4, 0.5) is 35.1 Å². The molecule has 0 spiro atoms. The standard InChI is InChI=1S/C25H29F8N5O3S/c1-15-12-38(42(40,41)20-13-36(3)35-20)16(2)11-37(15)22(6-8-23(26,27)9-7-22)14-34-21(39)18-5-4-17(24(28,29)30)10-19(18)25(31,32)33/h4-5,10,15-16H,3,6-9,11-14H2,1-2H3/p+1. The first-order valence-corrected chi connectivity index (χ1v) is 14.5. The van der Waals surface area contributed by atoms with E-state index in [1.165, 1.54) is 8.99 Å². The van der Waals surface area contributed by atoms with Crippen LogP contribution in [0.2, 0.25) is 0 Å². The van der Waals surface area contributed by atoms with E-state index in [1.54, 1.807) is 18.7 Å². The van der Waals surface area contributed by atoms with Crippen LogP contribution in [0.3, 0.4) is 0 Å². The molecule has 1 aliphatic carbocycles. The zero-order chi connectivity index (χ0) is 31.5. The predicted octanol–water partition coefficient (Wildman–Crippen LogP) is 4.17. The molecule has 1 N–H and O–H groups in total. The van der Waals surface area contributed by atoms with Gasteiger partial charge in [-0.2, -0.15) is 30.6 Å². The molecule has 234 valence electrons.